The third-order valence-corrected chi connectivity index (χ3v) is 1.92. The Balaban J connectivity index is 2.88. The van der Waals surface area contributed by atoms with Gasteiger partial charge in [-0.05, 0) is 18.9 Å². The monoisotopic (exact) mass is 206 g/mol. The molecule has 0 saturated carbocycles. The molecule has 1 heterocycles. The zero-order valence-electron chi connectivity index (χ0n) is 8.39. The molecule has 0 fully saturated rings. The normalized spacial score (nSPS) is 12.5. The summed E-state index contributed by atoms with van der Waals surface area (Å²) in [5.41, 5.74) is 1.25. The van der Waals surface area contributed by atoms with Gasteiger partial charge in [-0.15, -0.1) is 0 Å². The number of aryl methyl sites for hydroxylation is 1. The zero-order valence-corrected chi connectivity index (χ0v) is 8.39. The predicted molar refractivity (Wildman–Crippen MR) is 47.1 cm³/mol. The van der Waals surface area contributed by atoms with Crippen LogP contribution in [0, 0.1) is 6.92 Å². The molecule has 0 radical (unpaired) electrons. The fraction of sp³-hybridized carbons (Fsp3) is 0.667. The molecule has 0 bridgehead atoms. The Morgan fingerprint density at radius 1 is 1.43 bits per heavy atom. The van der Waals surface area contributed by atoms with Crippen LogP contribution in [-0.2, 0) is 6.54 Å². The van der Waals surface area contributed by atoms with E-state index in [-0.39, 0.29) is 5.92 Å². The second-order valence-electron chi connectivity index (χ2n) is 3.64. The van der Waals surface area contributed by atoms with Gasteiger partial charge in [-0.2, -0.15) is 18.3 Å². The molecule has 0 aliphatic rings. The highest BCUT2D eigenvalue weighted by Crippen LogP contribution is 2.20. The van der Waals surface area contributed by atoms with Crippen LogP contribution in [0.4, 0.5) is 13.2 Å². The first-order valence-electron chi connectivity index (χ1n) is 4.40. The third-order valence-electron chi connectivity index (χ3n) is 1.92. The Morgan fingerprint density at radius 2 is 2.00 bits per heavy atom. The largest absolute Gasteiger partial charge is 0.408 e. The first kappa shape index (κ1) is 11.1. The highest BCUT2D eigenvalue weighted by Gasteiger charge is 2.29. The van der Waals surface area contributed by atoms with Gasteiger partial charge >= 0.3 is 6.18 Å². The molecule has 2 nitrogen and oxygen atoms in total. The summed E-state index contributed by atoms with van der Waals surface area (Å²) in [7, 11) is 0. The van der Waals surface area contributed by atoms with Crippen molar-refractivity contribution in [3.8, 4) is 0 Å². The van der Waals surface area contributed by atoms with Crippen LogP contribution in [0.2, 0.25) is 0 Å². The highest BCUT2D eigenvalue weighted by atomic mass is 19.4. The number of aromatic nitrogens is 2. The lowest BCUT2D eigenvalue weighted by Gasteiger charge is -2.07. The summed E-state index contributed by atoms with van der Waals surface area (Å²) in [5, 5.41) is 3.89. The van der Waals surface area contributed by atoms with Gasteiger partial charge in [0.25, 0.3) is 0 Å². The molecule has 14 heavy (non-hydrogen) atoms. The van der Waals surface area contributed by atoms with Gasteiger partial charge in [0.15, 0.2) is 0 Å². The van der Waals surface area contributed by atoms with Gasteiger partial charge in [0.1, 0.15) is 6.54 Å². The molecule has 0 unspecified atom stereocenters. The minimum Gasteiger partial charge on any atom is -0.260 e. The van der Waals surface area contributed by atoms with E-state index in [1.807, 2.05) is 13.8 Å². The number of halogens is 3. The van der Waals surface area contributed by atoms with Crippen molar-refractivity contribution in [2.75, 3.05) is 0 Å². The highest BCUT2D eigenvalue weighted by molar-refractivity contribution is 5.12. The standard InChI is InChI=1S/C9H13F3N2/c1-6(2)8-4-7(3)14(13-8)5-9(10,11)12/h4,6H,5H2,1-3H3. The Bertz CT molecular complexity index is 312. The molecule has 1 rings (SSSR count). The van der Waals surface area contributed by atoms with E-state index in [0.717, 1.165) is 4.68 Å². The molecule has 0 atom stereocenters. The smallest absolute Gasteiger partial charge is 0.260 e. The van der Waals surface area contributed by atoms with Crippen molar-refractivity contribution in [2.45, 2.75) is 39.4 Å². The number of alkyl halides is 3. The summed E-state index contributed by atoms with van der Waals surface area (Å²) >= 11 is 0. The summed E-state index contributed by atoms with van der Waals surface area (Å²) in [6.45, 7) is 4.43. The minimum atomic E-state index is -4.20. The van der Waals surface area contributed by atoms with E-state index in [2.05, 4.69) is 5.10 Å². The van der Waals surface area contributed by atoms with Crippen molar-refractivity contribution in [3.63, 3.8) is 0 Å². The number of hydrogen-bond acceptors (Lipinski definition) is 1. The summed E-state index contributed by atoms with van der Waals surface area (Å²) in [6.07, 6.45) is -4.20. The van der Waals surface area contributed by atoms with Crippen LogP contribution in [0.3, 0.4) is 0 Å². The van der Waals surface area contributed by atoms with E-state index in [0.29, 0.717) is 11.4 Å². The van der Waals surface area contributed by atoms with Gasteiger partial charge in [0.05, 0.1) is 5.69 Å². The summed E-state index contributed by atoms with van der Waals surface area (Å²) in [5.74, 6) is 0.156. The van der Waals surface area contributed by atoms with Crippen molar-refractivity contribution >= 4 is 0 Å². The van der Waals surface area contributed by atoms with Crippen molar-refractivity contribution in [3.05, 3.63) is 17.5 Å². The predicted octanol–water partition coefficient (Wildman–Crippen LogP) is 2.88. The maximum atomic E-state index is 12.1. The molecule has 1 aromatic rings. The van der Waals surface area contributed by atoms with Gasteiger partial charge in [-0.3, -0.25) is 4.68 Å². The lowest BCUT2D eigenvalue weighted by molar-refractivity contribution is -0.143. The molecule has 1 aromatic heterocycles. The molecule has 0 saturated heterocycles. The van der Waals surface area contributed by atoms with Gasteiger partial charge in [0.2, 0.25) is 0 Å². The zero-order chi connectivity index (χ0) is 10.9. The lowest BCUT2D eigenvalue weighted by atomic mass is 10.1. The summed E-state index contributed by atoms with van der Waals surface area (Å²) in [6, 6.07) is 1.69. The van der Waals surface area contributed by atoms with Crippen LogP contribution in [0.15, 0.2) is 6.07 Å². The average Bonchev–Trinajstić information content (AvgIpc) is 2.29. The van der Waals surface area contributed by atoms with E-state index in [1.165, 1.54) is 0 Å². The van der Waals surface area contributed by atoms with Gasteiger partial charge in [0, 0.05) is 5.69 Å². The molecular formula is C9H13F3N2. The molecule has 5 heteroatoms. The topological polar surface area (TPSA) is 17.8 Å². The fourth-order valence-electron chi connectivity index (χ4n) is 1.15. The van der Waals surface area contributed by atoms with Crippen LogP contribution < -0.4 is 0 Å². The van der Waals surface area contributed by atoms with Crippen molar-refractivity contribution in [1.29, 1.82) is 0 Å². The first-order chi connectivity index (χ1) is 6.29. The molecule has 0 aromatic carbocycles. The van der Waals surface area contributed by atoms with E-state index in [1.54, 1.807) is 13.0 Å². The molecular weight excluding hydrogens is 193 g/mol. The van der Waals surface area contributed by atoms with Crippen LogP contribution >= 0.6 is 0 Å². The van der Waals surface area contributed by atoms with Gasteiger partial charge in [-0.25, -0.2) is 0 Å². The van der Waals surface area contributed by atoms with Crippen LogP contribution in [0.5, 0.6) is 0 Å². The van der Waals surface area contributed by atoms with Crippen LogP contribution in [0.25, 0.3) is 0 Å². The van der Waals surface area contributed by atoms with Crippen LogP contribution in [0.1, 0.15) is 31.2 Å². The van der Waals surface area contributed by atoms with E-state index >= 15 is 0 Å². The summed E-state index contributed by atoms with van der Waals surface area (Å²) < 4.78 is 37.2. The van der Waals surface area contributed by atoms with Gasteiger partial charge < -0.3 is 0 Å². The van der Waals surface area contributed by atoms with Crippen molar-refractivity contribution < 1.29 is 13.2 Å². The maximum Gasteiger partial charge on any atom is 0.408 e. The Labute approximate surface area is 80.7 Å². The second-order valence-corrected chi connectivity index (χ2v) is 3.64. The van der Waals surface area contributed by atoms with E-state index in [4.69, 9.17) is 0 Å². The average molecular weight is 206 g/mol. The van der Waals surface area contributed by atoms with Crippen molar-refractivity contribution in [2.24, 2.45) is 0 Å². The van der Waals surface area contributed by atoms with E-state index in [9.17, 15) is 13.2 Å². The SMILES string of the molecule is Cc1cc(C(C)C)nn1CC(F)(F)F. The van der Waals surface area contributed by atoms with E-state index < -0.39 is 12.7 Å². The lowest BCUT2D eigenvalue weighted by Crippen LogP contribution is -2.19. The Morgan fingerprint density at radius 3 is 2.36 bits per heavy atom. The molecule has 0 aliphatic carbocycles. The third kappa shape index (κ3) is 2.75. The second kappa shape index (κ2) is 3.63. The summed E-state index contributed by atoms with van der Waals surface area (Å²) in [4.78, 5) is 0. The number of rotatable bonds is 2. The molecule has 0 amide bonds. The number of hydrogen-bond donors (Lipinski definition) is 0. The quantitative estimate of drug-likeness (QED) is 0.727. The minimum absolute atomic E-state index is 0.156. The molecule has 0 spiro atoms. The van der Waals surface area contributed by atoms with Crippen LogP contribution in [-0.4, -0.2) is 16.0 Å². The molecule has 80 valence electrons. The molecule has 0 N–H and O–H groups in total. The van der Waals surface area contributed by atoms with Gasteiger partial charge in [-0.1, -0.05) is 13.8 Å². The molecule has 0 aliphatic heterocycles. The number of nitrogens with zero attached hydrogens (tertiary/aromatic N) is 2. The fourth-order valence-corrected chi connectivity index (χ4v) is 1.15. The maximum absolute atomic E-state index is 12.1. The Kier molecular flexibility index (Phi) is 2.87. The Hall–Kier alpha value is -1.00. The first-order valence-corrected chi connectivity index (χ1v) is 4.40. The van der Waals surface area contributed by atoms with Crippen molar-refractivity contribution in [1.82, 2.24) is 9.78 Å².